The minimum Gasteiger partial charge on any atom is -0.316 e. The minimum atomic E-state index is -3.06. The Hall–Kier alpha value is -0.130. The van der Waals surface area contributed by atoms with Gasteiger partial charge in [0.25, 0.3) is 0 Å². The standard InChI is InChI=1S/C13H26N2O2S/c1-11-6-12(2)9-15(8-11)18(16,17)10-13-4-3-5-14-7-13/h11-14H,3-10H2,1-2H3. The highest BCUT2D eigenvalue weighted by Gasteiger charge is 2.32. The summed E-state index contributed by atoms with van der Waals surface area (Å²) in [5.74, 6) is 1.62. The van der Waals surface area contributed by atoms with E-state index >= 15 is 0 Å². The fourth-order valence-electron chi connectivity index (χ4n) is 3.30. The Kier molecular flexibility index (Phi) is 4.67. The normalized spacial score (nSPS) is 35.6. The van der Waals surface area contributed by atoms with Gasteiger partial charge in [0, 0.05) is 13.1 Å². The van der Waals surface area contributed by atoms with Gasteiger partial charge in [0.2, 0.25) is 10.0 Å². The summed E-state index contributed by atoms with van der Waals surface area (Å²) in [7, 11) is -3.06. The van der Waals surface area contributed by atoms with Crippen LogP contribution in [0, 0.1) is 17.8 Å². The first kappa shape index (κ1) is 14.3. The highest BCUT2D eigenvalue weighted by molar-refractivity contribution is 7.89. The lowest BCUT2D eigenvalue weighted by atomic mass is 9.94. The first-order valence-electron chi connectivity index (χ1n) is 7.16. The molecule has 2 heterocycles. The van der Waals surface area contributed by atoms with Crippen LogP contribution in [0.25, 0.3) is 0 Å². The van der Waals surface area contributed by atoms with E-state index in [4.69, 9.17) is 0 Å². The summed E-state index contributed by atoms with van der Waals surface area (Å²) >= 11 is 0. The van der Waals surface area contributed by atoms with Crippen LogP contribution in [0.4, 0.5) is 0 Å². The Balaban J connectivity index is 1.96. The van der Waals surface area contributed by atoms with Crippen LogP contribution in [-0.2, 0) is 10.0 Å². The molecule has 0 aromatic heterocycles. The molecule has 0 saturated carbocycles. The Morgan fingerprint density at radius 3 is 2.44 bits per heavy atom. The lowest BCUT2D eigenvalue weighted by Gasteiger charge is -2.35. The summed E-state index contributed by atoms with van der Waals surface area (Å²) < 4.78 is 26.6. The maximum atomic E-state index is 12.4. The molecule has 106 valence electrons. The van der Waals surface area contributed by atoms with Gasteiger partial charge in [-0.05, 0) is 50.1 Å². The van der Waals surface area contributed by atoms with Crippen molar-refractivity contribution in [3.05, 3.63) is 0 Å². The molecule has 0 bridgehead atoms. The molecule has 0 radical (unpaired) electrons. The van der Waals surface area contributed by atoms with E-state index in [1.54, 1.807) is 4.31 Å². The van der Waals surface area contributed by atoms with E-state index < -0.39 is 10.0 Å². The lowest BCUT2D eigenvalue weighted by molar-refractivity contribution is 0.221. The minimum absolute atomic E-state index is 0.302. The van der Waals surface area contributed by atoms with Gasteiger partial charge in [-0.25, -0.2) is 12.7 Å². The van der Waals surface area contributed by atoms with Gasteiger partial charge >= 0.3 is 0 Å². The summed E-state index contributed by atoms with van der Waals surface area (Å²) in [4.78, 5) is 0. The second-order valence-corrected chi connectivity index (χ2v) is 8.27. The van der Waals surface area contributed by atoms with Crippen molar-refractivity contribution in [2.45, 2.75) is 33.1 Å². The molecule has 2 aliphatic heterocycles. The molecule has 0 aromatic rings. The molecule has 3 unspecified atom stereocenters. The molecule has 0 aromatic carbocycles. The molecular weight excluding hydrogens is 248 g/mol. The van der Waals surface area contributed by atoms with Crippen LogP contribution in [0.3, 0.4) is 0 Å². The molecule has 3 atom stereocenters. The lowest BCUT2D eigenvalue weighted by Crippen LogP contribution is -2.46. The number of sulfonamides is 1. The summed E-state index contributed by atoms with van der Waals surface area (Å²) in [6, 6.07) is 0. The molecule has 1 N–H and O–H groups in total. The Labute approximate surface area is 111 Å². The topological polar surface area (TPSA) is 49.4 Å². The predicted octanol–water partition coefficient (Wildman–Crippen LogP) is 1.29. The van der Waals surface area contributed by atoms with E-state index in [-0.39, 0.29) is 0 Å². The van der Waals surface area contributed by atoms with Crippen LogP contribution >= 0.6 is 0 Å². The second kappa shape index (κ2) is 5.88. The summed E-state index contributed by atoms with van der Waals surface area (Å²) in [5, 5.41) is 3.29. The molecule has 2 rings (SSSR count). The molecular formula is C13H26N2O2S. The Bertz CT molecular complexity index is 353. The van der Waals surface area contributed by atoms with E-state index in [0.29, 0.717) is 36.6 Å². The fourth-order valence-corrected chi connectivity index (χ4v) is 5.36. The van der Waals surface area contributed by atoms with Gasteiger partial charge in [-0.15, -0.1) is 0 Å². The SMILES string of the molecule is CC1CC(C)CN(S(=O)(=O)CC2CCCNC2)C1. The first-order valence-corrected chi connectivity index (χ1v) is 8.77. The summed E-state index contributed by atoms with van der Waals surface area (Å²) in [6.07, 6.45) is 3.30. The smallest absolute Gasteiger partial charge is 0.214 e. The van der Waals surface area contributed by atoms with Crippen LogP contribution in [0.15, 0.2) is 0 Å². The highest BCUT2D eigenvalue weighted by atomic mass is 32.2. The van der Waals surface area contributed by atoms with E-state index in [9.17, 15) is 8.42 Å². The third-order valence-electron chi connectivity index (χ3n) is 4.07. The summed E-state index contributed by atoms with van der Waals surface area (Å²) in [5.41, 5.74) is 0. The largest absolute Gasteiger partial charge is 0.316 e. The van der Waals surface area contributed by atoms with Gasteiger partial charge in [-0.1, -0.05) is 13.8 Å². The number of hydrogen-bond donors (Lipinski definition) is 1. The van der Waals surface area contributed by atoms with Crippen LogP contribution in [-0.4, -0.2) is 44.7 Å². The average Bonchev–Trinajstić information content (AvgIpc) is 2.28. The van der Waals surface area contributed by atoms with Gasteiger partial charge in [-0.3, -0.25) is 0 Å². The predicted molar refractivity (Wildman–Crippen MR) is 73.9 cm³/mol. The third kappa shape index (κ3) is 3.68. The maximum absolute atomic E-state index is 12.4. The van der Waals surface area contributed by atoms with Crippen molar-refractivity contribution in [3.63, 3.8) is 0 Å². The molecule has 2 aliphatic rings. The molecule has 5 heteroatoms. The van der Waals surface area contributed by atoms with Crippen molar-refractivity contribution < 1.29 is 8.42 Å². The van der Waals surface area contributed by atoms with E-state index in [1.807, 2.05) is 0 Å². The number of piperidine rings is 2. The van der Waals surface area contributed by atoms with Crippen molar-refractivity contribution in [2.24, 2.45) is 17.8 Å². The quantitative estimate of drug-likeness (QED) is 0.844. The Morgan fingerprint density at radius 2 is 1.89 bits per heavy atom. The molecule has 0 aliphatic carbocycles. The van der Waals surface area contributed by atoms with E-state index in [1.165, 1.54) is 0 Å². The van der Waals surface area contributed by atoms with Gasteiger partial charge < -0.3 is 5.32 Å². The number of rotatable bonds is 3. The zero-order valence-corrected chi connectivity index (χ0v) is 12.4. The maximum Gasteiger partial charge on any atom is 0.214 e. The highest BCUT2D eigenvalue weighted by Crippen LogP contribution is 2.25. The summed E-state index contributed by atoms with van der Waals surface area (Å²) in [6.45, 7) is 7.63. The van der Waals surface area contributed by atoms with E-state index in [0.717, 1.165) is 32.4 Å². The number of hydrogen-bond acceptors (Lipinski definition) is 3. The van der Waals surface area contributed by atoms with Crippen LogP contribution in [0.5, 0.6) is 0 Å². The third-order valence-corrected chi connectivity index (χ3v) is 6.05. The van der Waals surface area contributed by atoms with Crippen molar-refractivity contribution in [3.8, 4) is 0 Å². The van der Waals surface area contributed by atoms with Crippen molar-refractivity contribution in [2.75, 3.05) is 31.9 Å². The average molecular weight is 274 g/mol. The van der Waals surface area contributed by atoms with Crippen LogP contribution in [0.1, 0.15) is 33.1 Å². The van der Waals surface area contributed by atoms with Crippen LogP contribution in [0.2, 0.25) is 0 Å². The molecule has 4 nitrogen and oxygen atoms in total. The zero-order chi connectivity index (χ0) is 13.2. The molecule has 0 amide bonds. The molecule has 2 saturated heterocycles. The number of nitrogens with zero attached hydrogens (tertiary/aromatic N) is 1. The van der Waals surface area contributed by atoms with Gasteiger partial charge in [0.1, 0.15) is 0 Å². The molecule has 0 spiro atoms. The second-order valence-electron chi connectivity index (χ2n) is 6.25. The van der Waals surface area contributed by atoms with Gasteiger partial charge in [-0.2, -0.15) is 0 Å². The van der Waals surface area contributed by atoms with Gasteiger partial charge in [0.15, 0.2) is 0 Å². The van der Waals surface area contributed by atoms with Crippen molar-refractivity contribution >= 4 is 10.0 Å². The van der Waals surface area contributed by atoms with Crippen LogP contribution < -0.4 is 5.32 Å². The molecule has 18 heavy (non-hydrogen) atoms. The zero-order valence-electron chi connectivity index (χ0n) is 11.6. The van der Waals surface area contributed by atoms with E-state index in [2.05, 4.69) is 19.2 Å². The van der Waals surface area contributed by atoms with Crippen molar-refractivity contribution in [1.82, 2.24) is 9.62 Å². The van der Waals surface area contributed by atoms with Gasteiger partial charge in [0.05, 0.1) is 5.75 Å². The Morgan fingerprint density at radius 1 is 1.22 bits per heavy atom. The number of nitrogens with one attached hydrogen (secondary N) is 1. The first-order chi connectivity index (χ1) is 8.47. The fraction of sp³-hybridized carbons (Fsp3) is 1.00. The molecule has 2 fully saturated rings. The van der Waals surface area contributed by atoms with Crippen molar-refractivity contribution in [1.29, 1.82) is 0 Å². The monoisotopic (exact) mass is 274 g/mol.